The second-order valence-electron chi connectivity index (χ2n) is 6.74. The van der Waals surface area contributed by atoms with E-state index in [1.807, 2.05) is 60.7 Å². The topological polar surface area (TPSA) is 59.1 Å². The van der Waals surface area contributed by atoms with E-state index in [-0.39, 0.29) is 4.90 Å². The molecule has 6 heteroatoms. The van der Waals surface area contributed by atoms with Crippen molar-refractivity contribution >= 4 is 36.9 Å². The number of nitrogens with one attached hydrogen (secondary N) is 1. The third kappa shape index (κ3) is 4.72. The number of hydrogen-bond acceptors (Lipinski definition) is 3. The van der Waals surface area contributed by atoms with E-state index in [1.165, 1.54) is 0 Å². The summed E-state index contributed by atoms with van der Waals surface area (Å²) >= 11 is 3.47. The predicted octanol–water partition coefficient (Wildman–Crippen LogP) is 5.26. The lowest BCUT2D eigenvalue weighted by atomic mass is 10.0. The van der Waals surface area contributed by atoms with Crippen LogP contribution in [0.1, 0.15) is 17.3 Å². The van der Waals surface area contributed by atoms with Crippen molar-refractivity contribution in [3.8, 4) is 0 Å². The number of sulfonamides is 1. The Morgan fingerprint density at radius 1 is 0.862 bits per heavy atom. The molecular formula is C23H19BrN2O2S. The van der Waals surface area contributed by atoms with E-state index in [0.29, 0.717) is 6.42 Å². The van der Waals surface area contributed by atoms with Crippen LogP contribution in [0.3, 0.4) is 0 Å². The Bertz CT molecular complexity index is 1230. The summed E-state index contributed by atoms with van der Waals surface area (Å²) in [6.07, 6.45) is 0.447. The van der Waals surface area contributed by atoms with Gasteiger partial charge in [-0.05, 0) is 42.0 Å². The third-order valence-corrected chi connectivity index (χ3v) is 6.66. The fourth-order valence-corrected chi connectivity index (χ4v) is 4.85. The summed E-state index contributed by atoms with van der Waals surface area (Å²) in [7, 11) is -3.66. The van der Waals surface area contributed by atoms with Gasteiger partial charge in [0.05, 0.1) is 16.5 Å². The number of rotatable bonds is 6. The minimum Gasteiger partial charge on any atom is -0.253 e. The zero-order valence-corrected chi connectivity index (χ0v) is 17.9. The molecule has 0 spiro atoms. The van der Waals surface area contributed by atoms with E-state index < -0.39 is 16.1 Å². The van der Waals surface area contributed by atoms with Crippen LogP contribution in [0.5, 0.6) is 0 Å². The molecule has 29 heavy (non-hydrogen) atoms. The first-order valence-corrected chi connectivity index (χ1v) is 11.5. The largest absolute Gasteiger partial charge is 0.253 e. The van der Waals surface area contributed by atoms with Crippen LogP contribution in [0.2, 0.25) is 0 Å². The van der Waals surface area contributed by atoms with E-state index in [1.54, 1.807) is 30.3 Å². The Labute approximate surface area is 178 Å². The highest BCUT2D eigenvalue weighted by atomic mass is 79.9. The molecule has 1 heterocycles. The second-order valence-corrected chi connectivity index (χ2v) is 9.37. The quantitative estimate of drug-likeness (QED) is 0.421. The Hall–Kier alpha value is -2.54. The number of pyridine rings is 1. The van der Waals surface area contributed by atoms with E-state index in [0.717, 1.165) is 26.6 Å². The maximum Gasteiger partial charge on any atom is 0.241 e. The molecule has 146 valence electrons. The van der Waals surface area contributed by atoms with Crippen LogP contribution in [0, 0.1) is 0 Å². The van der Waals surface area contributed by atoms with Crippen molar-refractivity contribution in [3.63, 3.8) is 0 Å². The van der Waals surface area contributed by atoms with Crippen molar-refractivity contribution in [2.75, 3.05) is 0 Å². The Morgan fingerprint density at radius 3 is 2.28 bits per heavy atom. The van der Waals surface area contributed by atoms with Crippen LogP contribution in [0.25, 0.3) is 10.9 Å². The standard InChI is InChI=1S/C23H19BrN2O2S/c24-19-12-14-22-18(15-19)11-13-20(25-22)16-23(17-7-3-1-4-8-17)26-29(27,28)21-9-5-2-6-10-21/h1-15,23,26H,16H2. The van der Waals surface area contributed by atoms with Crippen molar-refractivity contribution < 1.29 is 8.42 Å². The third-order valence-electron chi connectivity index (χ3n) is 4.68. The molecule has 0 radical (unpaired) electrons. The fourth-order valence-electron chi connectivity index (χ4n) is 3.23. The minimum atomic E-state index is -3.66. The van der Waals surface area contributed by atoms with Crippen LogP contribution >= 0.6 is 15.9 Å². The zero-order valence-electron chi connectivity index (χ0n) is 15.5. The lowest BCUT2D eigenvalue weighted by molar-refractivity contribution is 0.553. The van der Waals surface area contributed by atoms with Crippen molar-refractivity contribution in [2.45, 2.75) is 17.4 Å². The monoisotopic (exact) mass is 466 g/mol. The molecule has 0 amide bonds. The zero-order chi connectivity index (χ0) is 20.3. The molecule has 4 rings (SSSR count). The maximum absolute atomic E-state index is 12.9. The maximum atomic E-state index is 12.9. The lowest BCUT2D eigenvalue weighted by Crippen LogP contribution is -2.30. The molecule has 1 N–H and O–H groups in total. The summed E-state index contributed by atoms with van der Waals surface area (Å²) in [4.78, 5) is 4.98. The van der Waals surface area contributed by atoms with Gasteiger partial charge in [-0.2, -0.15) is 0 Å². The molecule has 0 aliphatic carbocycles. The Morgan fingerprint density at radius 2 is 1.55 bits per heavy atom. The number of benzene rings is 3. The summed E-state index contributed by atoms with van der Waals surface area (Å²) in [5, 5.41) is 1.03. The van der Waals surface area contributed by atoms with Gasteiger partial charge in [0, 0.05) is 22.0 Å². The number of halogens is 1. The average Bonchev–Trinajstić information content (AvgIpc) is 2.74. The number of nitrogens with zero attached hydrogens (tertiary/aromatic N) is 1. The van der Waals surface area contributed by atoms with Crippen LogP contribution in [0.15, 0.2) is 100 Å². The molecule has 0 aliphatic rings. The van der Waals surface area contributed by atoms with E-state index in [4.69, 9.17) is 4.98 Å². The lowest BCUT2D eigenvalue weighted by Gasteiger charge is -2.19. The van der Waals surface area contributed by atoms with E-state index >= 15 is 0 Å². The molecule has 4 aromatic rings. The van der Waals surface area contributed by atoms with Gasteiger partial charge in [-0.15, -0.1) is 0 Å². The smallest absolute Gasteiger partial charge is 0.241 e. The van der Waals surface area contributed by atoms with Gasteiger partial charge in [0.2, 0.25) is 10.0 Å². The molecule has 1 unspecified atom stereocenters. The summed E-state index contributed by atoms with van der Waals surface area (Å²) in [5.41, 5.74) is 2.59. The van der Waals surface area contributed by atoms with Gasteiger partial charge in [-0.3, -0.25) is 4.98 Å². The van der Waals surface area contributed by atoms with Crippen LogP contribution < -0.4 is 4.72 Å². The molecule has 1 atom stereocenters. The molecular weight excluding hydrogens is 448 g/mol. The first-order chi connectivity index (χ1) is 14.0. The van der Waals surface area contributed by atoms with Crippen LogP contribution in [-0.2, 0) is 16.4 Å². The van der Waals surface area contributed by atoms with Gasteiger partial charge in [-0.1, -0.05) is 70.5 Å². The summed E-state index contributed by atoms with van der Waals surface area (Å²) in [5.74, 6) is 0. The molecule has 1 aromatic heterocycles. The molecule has 0 fully saturated rings. The van der Waals surface area contributed by atoms with Crippen molar-refractivity contribution in [1.82, 2.24) is 9.71 Å². The van der Waals surface area contributed by atoms with Crippen molar-refractivity contribution in [3.05, 3.63) is 107 Å². The van der Waals surface area contributed by atoms with Crippen molar-refractivity contribution in [2.24, 2.45) is 0 Å². The number of fused-ring (bicyclic) bond motifs is 1. The van der Waals surface area contributed by atoms with Gasteiger partial charge < -0.3 is 0 Å². The van der Waals surface area contributed by atoms with Crippen molar-refractivity contribution in [1.29, 1.82) is 0 Å². The van der Waals surface area contributed by atoms with Gasteiger partial charge in [0.25, 0.3) is 0 Å². The normalized spacial score (nSPS) is 12.7. The van der Waals surface area contributed by atoms with Gasteiger partial charge in [-0.25, -0.2) is 13.1 Å². The minimum absolute atomic E-state index is 0.247. The molecule has 0 bridgehead atoms. The summed E-state index contributed by atoms with van der Waals surface area (Å²) < 4.78 is 29.7. The molecule has 0 saturated heterocycles. The van der Waals surface area contributed by atoms with E-state index in [2.05, 4.69) is 20.7 Å². The predicted molar refractivity (Wildman–Crippen MR) is 119 cm³/mol. The van der Waals surface area contributed by atoms with Gasteiger partial charge in [0.15, 0.2) is 0 Å². The molecule has 4 nitrogen and oxygen atoms in total. The number of aromatic nitrogens is 1. The average molecular weight is 467 g/mol. The van der Waals surface area contributed by atoms with Gasteiger partial charge in [0.1, 0.15) is 0 Å². The highest BCUT2D eigenvalue weighted by Gasteiger charge is 2.22. The molecule has 3 aromatic carbocycles. The Balaban J connectivity index is 1.67. The number of hydrogen-bond donors (Lipinski definition) is 1. The summed E-state index contributed by atoms with van der Waals surface area (Å²) in [6, 6.07) is 27.4. The molecule has 0 saturated carbocycles. The summed E-state index contributed by atoms with van der Waals surface area (Å²) in [6.45, 7) is 0. The first kappa shape index (κ1) is 19.8. The SMILES string of the molecule is O=S(=O)(NC(Cc1ccc2cc(Br)ccc2n1)c1ccccc1)c1ccccc1. The van der Waals surface area contributed by atoms with Gasteiger partial charge >= 0.3 is 0 Å². The highest BCUT2D eigenvalue weighted by molar-refractivity contribution is 9.10. The van der Waals surface area contributed by atoms with E-state index in [9.17, 15) is 8.42 Å². The first-order valence-electron chi connectivity index (χ1n) is 9.19. The Kier molecular flexibility index (Phi) is 5.76. The fraction of sp³-hybridized carbons (Fsp3) is 0.0870. The van der Waals surface area contributed by atoms with Crippen LogP contribution in [0.4, 0.5) is 0 Å². The second kappa shape index (κ2) is 8.45. The highest BCUT2D eigenvalue weighted by Crippen LogP contribution is 2.23. The van der Waals surface area contributed by atoms with Crippen LogP contribution in [-0.4, -0.2) is 13.4 Å². The molecule has 0 aliphatic heterocycles.